The van der Waals surface area contributed by atoms with Gasteiger partial charge in [0, 0.05) is 0 Å². The van der Waals surface area contributed by atoms with E-state index in [1.54, 1.807) is 0 Å². The second kappa shape index (κ2) is 5.95. The first-order chi connectivity index (χ1) is 8.91. The summed E-state index contributed by atoms with van der Waals surface area (Å²) in [5.41, 5.74) is 0. The third kappa shape index (κ3) is 3.05. The molecule has 0 saturated carbocycles. The van der Waals surface area contributed by atoms with Gasteiger partial charge in [-0.15, -0.1) is 0 Å². The molecule has 6 N–H and O–H groups in total. The third-order valence-corrected chi connectivity index (χ3v) is 3.19. The third-order valence-electron chi connectivity index (χ3n) is 3.19. The maximum absolute atomic E-state index is 9.66. The van der Waals surface area contributed by atoms with Gasteiger partial charge in [-0.25, -0.2) is 0 Å². The summed E-state index contributed by atoms with van der Waals surface area (Å²) in [6, 6.07) is 0. The van der Waals surface area contributed by atoms with Crippen LogP contribution >= 0.6 is 0 Å². The quantitative estimate of drug-likeness (QED) is 0.297. The molecule has 0 bridgehead atoms. The van der Waals surface area contributed by atoms with Crippen molar-refractivity contribution in [3.63, 3.8) is 0 Å². The fourth-order valence-electron chi connectivity index (χ4n) is 2.01. The highest BCUT2D eigenvalue weighted by molar-refractivity contribution is 4.87. The fraction of sp³-hybridized carbons (Fsp3) is 1.00. The van der Waals surface area contributed by atoms with Crippen LogP contribution in [0.5, 0.6) is 0 Å². The van der Waals surface area contributed by atoms with Crippen LogP contribution in [0.4, 0.5) is 0 Å². The lowest BCUT2D eigenvalue weighted by molar-refractivity contribution is -0.329. The Labute approximate surface area is 108 Å². The van der Waals surface area contributed by atoms with Gasteiger partial charge in [-0.3, -0.25) is 0 Å². The summed E-state index contributed by atoms with van der Waals surface area (Å²) in [6.07, 6.45) is -11.1. The van der Waals surface area contributed by atoms with Crippen molar-refractivity contribution in [2.24, 2.45) is 0 Å². The lowest BCUT2D eigenvalue weighted by Crippen LogP contribution is -2.60. The fourth-order valence-corrected chi connectivity index (χ4v) is 2.01. The number of hydrogen-bond acceptors (Lipinski definition) is 9. The van der Waals surface area contributed by atoms with E-state index in [2.05, 4.69) is 4.74 Å². The van der Waals surface area contributed by atoms with E-state index in [0.717, 1.165) is 0 Å². The second-order valence-electron chi connectivity index (χ2n) is 4.63. The maximum Gasteiger partial charge on any atom is 0.186 e. The van der Waals surface area contributed by atoms with Gasteiger partial charge in [0.05, 0.1) is 13.2 Å². The van der Waals surface area contributed by atoms with Crippen LogP contribution in [0.3, 0.4) is 0 Å². The molecule has 0 aromatic carbocycles. The molecule has 2 fully saturated rings. The van der Waals surface area contributed by atoms with Crippen molar-refractivity contribution in [1.82, 2.24) is 0 Å². The molecule has 9 heteroatoms. The largest absolute Gasteiger partial charge is 0.388 e. The molecular formula is C10H18O9. The molecule has 19 heavy (non-hydrogen) atoms. The van der Waals surface area contributed by atoms with Crippen molar-refractivity contribution in [1.29, 1.82) is 0 Å². The summed E-state index contributed by atoms with van der Waals surface area (Å²) < 4.78 is 14.8. The van der Waals surface area contributed by atoms with Crippen LogP contribution in [0, 0.1) is 0 Å². The van der Waals surface area contributed by atoms with Gasteiger partial charge in [-0.05, 0) is 0 Å². The molecule has 0 radical (unpaired) electrons. The summed E-state index contributed by atoms with van der Waals surface area (Å²) in [7, 11) is 0. The zero-order valence-corrected chi connectivity index (χ0v) is 9.94. The molecular weight excluding hydrogens is 264 g/mol. The van der Waals surface area contributed by atoms with Crippen molar-refractivity contribution >= 4 is 0 Å². The van der Waals surface area contributed by atoms with Gasteiger partial charge in [-0.2, -0.15) is 0 Å². The van der Waals surface area contributed by atoms with Gasteiger partial charge in [0.25, 0.3) is 0 Å². The van der Waals surface area contributed by atoms with Crippen molar-refractivity contribution < 1.29 is 44.8 Å². The molecule has 2 heterocycles. The van der Waals surface area contributed by atoms with Crippen LogP contribution in [0.25, 0.3) is 0 Å². The van der Waals surface area contributed by atoms with Gasteiger partial charge in [0.2, 0.25) is 0 Å². The van der Waals surface area contributed by atoms with Gasteiger partial charge in [-0.1, -0.05) is 0 Å². The Kier molecular flexibility index (Phi) is 4.71. The molecule has 2 aliphatic heterocycles. The Morgan fingerprint density at radius 2 is 1.37 bits per heavy atom. The average molecular weight is 282 g/mol. The lowest BCUT2D eigenvalue weighted by Gasteiger charge is -2.41. The molecule has 0 aliphatic carbocycles. The van der Waals surface area contributed by atoms with E-state index in [1.165, 1.54) is 0 Å². The monoisotopic (exact) mass is 282 g/mol. The highest BCUT2D eigenvalue weighted by Crippen LogP contribution is 2.23. The standard InChI is InChI=1S/C10H18O9/c11-3-1-18-10(6(14)5(3)13)19-8-4(12)2-17-9(16)7(8)15/h3-16H,1-2H2/t3-,4-,5+,6+,7+,8+,9-,10+/m0/s1. The molecule has 0 unspecified atom stereocenters. The average Bonchev–Trinajstić information content (AvgIpc) is 2.39. The van der Waals surface area contributed by atoms with E-state index in [0.29, 0.717) is 0 Å². The summed E-state index contributed by atoms with van der Waals surface area (Å²) in [6.45, 7) is -0.516. The van der Waals surface area contributed by atoms with E-state index < -0.39 is 49.2 Å². The van der Waals surface area contributed by atoms with E-state index in [9.17, 15) is 30.6 Å². The van der Waals surface area contributed by atoms with Gasteiger partial charge >= 0.3 is 0 Å². The Balaban J connectivity index is 1.99. The molecule has 112 valence electrons. The highest BCUT2D eigenvalue weighted by Gasteiger charge is 2.45. The zero-order chi connectivity index (χ0) is 14.2. The van der Waals surface area contributed by atoms with E-state index >= 15 is 0 Å². The Morgan fingerprint density at radius 3 is 2.05 bits per heavy atom. The zero-order valence-electron chi connectivity index (χ0n) is 9.94. The minimum absolute atomic E-state index is 0.253. The number of hydrogen-bond donors (Lipinski definition) is 6. The van der Waals surface area contributed by atoms with E-state index in [4.69, 9.17) is 9.47 Å². The van der Waals surface area contributed by atoms with Gasteiger partial charge in [0.15, 0.2) is 12.6 Å². The Morgan fingerprint density at radius 1 is 0.737 bits per heavy atom. The Hall–Kier alpha value is -0.360. The van der Waals surface area contributed by atoms with Crippen LogP contribution in [0.2, 0.25) is 0 Å². The SMILES string of the molecule is O[C@@H]1[C@H](O[C@H]2OC[C@H](O)[C@@H](O)[C@H]2O)[C@@H](O)CO[C@@H]1O. The molecule has 2 rings (SSSR count). The molecule has 0 spiro atoms. The summed E-state index contributed by atoms with van der Waals surface area (Å²) in [5.74, 6) is 0. The summed E-state index contributed by atoms with van der Waals surface area (Å²) in [5, 5.41) is 57.0. The predicted octanol–water partition coefficient (Wildman–Crippen LogP) is -4.12. The van der Waals surface area contributed by atoms with Crippen molar-refractivity contribution in [3.05, 3.63) is 0 Å². The number of aliphatic hydroxyl groups excluding tert-OH is 6. The molecule has 0 aromatic rings. The van der Waals surface area contributed by atoms with Crippen LogP contribution in [0.1, 0.15) is 0 Å². The van der Waals surface area contributed by atoms with Crippen LogP contribution < -0.4 is 0 Å². The Bertz CT molecular complexity index is 301. The van der Waals surface area contributed by atoms with E-state index in [-0.39, 0.29) is 13.2 Å². The van der Waals surface area contributed by atoms with Crippen molar-refractivity contribution in [3.8, 4) is 0 Å². The van der Waals surface area contributed by atoms with E-state index in [1.807, 2.05) is 0 Å². The molecule has 2 aliphatic rings. The molecule has 9 nitrogen and oxygen atoms in total. The second-order valence-corrected chi connectivity index (χ2v) is 4.63. The van der Waals surface area contributed by atoms with Crippen LogP contribution in [-0.4, -0.2) is 93.1 Å². The number of rotatable bonds is 2. The first-order valence-corrected chi connectivity index (χ1v) is 5.89. The van der Waals surface area contributed by atoms with Crippen LogP contribution in [0.15, 0.2) is 0 Å². The number of ether oxygens (including phenoxy) is 3. The highest BCUT2D eigenvalue weighted by atomic mass is 16.7. The molecule has 8 atom stereocenters. The molecule has 0 aromatic heterocycles. The van der Waals surface area contributed by atoms with Crippen molar-refractivity contribution in [2.75, 3.05) is 13.2 Å². The van der Waals surface area contributed by atoms with Gasteiger partial charge < -0.3 is 44.8 Å². The smallest absolute Gasteiger partial charge is 0.186 e. The first kappa shape index (κ1) is 15.0. The van der Waals surface area contributed by atoms with Gasteiger partial charge in [0.1, 0.15) is 36.6 Å². The first-order valence-electron chi connectivity index (χ1n) is 5.89. The summed E-state index contributed by atoms with van der Waals surface area (Å²) >= 11 is 0. The van der Waals surface area contributed by atoms with Crippen LogP contribution in [-0.2, 0) is 14.2 Å². The topological polar surface area (TPSA) is 149 Å². The lowest BCUT2D eigenvalue weighted by atomic mass is 10.0. The summed E-state index contributed by atoms with van der Waals surface area (Å²) in [4.78, 5) is 0. The minimum Gasteiger partial charge on any atom is -0.388 e. The minimum atomic E-state index is -1.54. The molecule has 2 saturated heterocycles. The number of aliphatic hydroxyl groups is 6. The maximum atomic E-state index is 9.66. The van der Waals surface area contributed by atoms with Crippen molar-refractivity contribution in [2.45, 2.75) is 49.2 Å². The predicted molar refractivity (Wildman–Crippen MR) is 56.6 cm³/mol. The molecule has 0 amide bonds. The normalized spacial score (nSPS) is 52.1.